The fourth-order valence-corrected chi connectivity index (χ4v) is 1.34. The third-order valence-electron chi connectivity index (χ3n) is 2.10. The molecule has 0 radical (unpaired) electrons. The van der Waals surface area contributed by atoms with Crippen LogP contribution in [0.4, 0.5) is 11.4 Å². The highest BCUT2D eigenvalue weighted by atomic mass is 16.6. The smallest absolute Gasteiger partial charge is 0.415 e. The van der Waals surface area contributed by atoms with Crippen molar-refractivity contribution in [1.29, 1.82) is 0 Å². The van der Waals surface area contributed by atoms with Crippen LogP contribution in [-0.4, -0.2) is 9.85 Å². The van der Waals surface area contributed by atoms with E-state index in [9.17, 15) is 25.0 Å². The van der Waals surface area contributed by atoms with Gasteiger partial charge in [-0.05, 0) is 6.07 Å². The van der Waals surface area contributed by atoms with Gasteiger partial charge in [-0.25, -0.2) is 4.79 Å². The summed E-state index contributed by atoms with van der Waals surface area (Å²) >= 11 is 0. The first-order valence-corrected chi connectivity index (χ1v) is 4.36. The van der Waals surface area contributed by atoms with Crippen molar-refractivity contribution in [3.8, 4) is 0 Å². The van der Waals surface area contributed by atoms with Crippen LogP contribution in [0.2, 0.25) is 0 Å². The molecule has 8 heteroatoms. The van der Waals surface area contributed by atoms with Crippen molar-refractivity contribution < 1.29 is 14.3 Å². The minimum absolute atomic E-state index is 0.0613. The van der Waals surface area contributed by atoms with Gasteiger partial charge in [-0.1, -0.05) is 0 Å². The maximum absolute atomic E-state index is 11.2. The fraction of sp³-hybridized carbons (Fsp3) is 0. The van der Waals surface area contributed by atoms with E-state index >= 15 is 0 Å². The number of rotatable bonds is 2. The summed E-state index contributed by atoms with van der Waals surface area (Å²) in [6.07, 6.45) is 0. The second-order valence-electron chi connectivity index (χ2n) is 3.16. The SMILES string of the molecule is O=c1oc2ccc([N+](=O)[O-])cc2cc1[N+](=O)[O-]. The number of non-ortho nitro benzene ring substituents is 1. The molecule has 2 aromatic rings. The lowest BCUT2D eigenvalue weighted by Gasteiger charge is -1.96. The molecule has 0 aliphatic rings. The number of nitro groups is 2. The summed E-state index contributed by atoms with van der Waals surface area (Å²) in [5.74, 6) is 0. The van der Waals surface area contributed by atoms with E-state index in [1.54, 1.807) is 0 Å². The highest BCUT2D eigenvalue weighted by Crippen LogP contribution is 2.22. The lowest BCUT2D eigenvalue weighted by atomic mass is 10.2. The minimum Gasteiger partial charge on any atom is -0.418 e. The van der Waals surface area contributed by atoms with Crippen molar-refractivity contribution in [2.24, 2.45) is 0 Å². The molecule has 0 atom stereocenters. The largest absolute Gasteiger partial charge is 0.418 e. The Balaban J connectivity index is 2.77. The van der Waals surface area contributed by atoms with Gasteiger partial charge in [-0.15, -0.1) is 0 Å². The predicted molar refractivity (Wildman–Crippen MR) is 55.8 cm³/mol. The molecule has 0 spiro atoms. The van der Waals surface area contributed by atoms with Crippen molar-refractivity contribution in [3.05, 3.63) is 54.9 Å². The molecular weight excluding hydrogens is 232 g/mol. The number of nitro benzene ring substituents is 1. The summed E-state index contributed by atoms with van der Waals surface area (Å²) < 4.78 is 4.67. The summed E-state index contributed by atoms with van der Waals surface area (Å²) in [4.78, 5) is 30.6. The normalized spacial score (nSPS) is 10.4. The highest BCUT2D eigenvalue weighted by Gasteiger charge is 2.17. The fourth-order valence-electron chi connectivity index (χ4n) is 1.34. The average molecular weight is 236 g/mol. The Labute approximate surface area is 92.4 Å². The molecule has 0 saturated carbocycles. The van der Waals surface area contributed by atoms with Crippen LogP contribution < -0.4 is 5.63 Å². The average Bonchev–Trinajstić information content (AvgIpc) is 2.27. The van der Waals surface area contributed by atoms with E-state index in [0.717, 1.165) is 18.2 Å². The number of hydrogen-bond acceptors (Lipinski definition) is 6. The Bertz CT molecular complexity index is 689. The van der Waals surface area contributed by atoms with Crippen LogP contribution >= 0.6 is 0 Å². The molecule has 0 saturated heterocycles. The minimum atomic E-state index is -1.09. The summed E-state index contributed by atoms with van der Waals surface area (Å²) in [6, 6.07) is 4.43. The molecule has 0 bridgehead atoms. The topological polar surface area (TPSA) is 116 Å². The van der Waals surface area contributed by atoms with Gasteiger partial charge < -0.3 is 4.42 Å². The molecule has 0 amide bonds. The second kappa shape index (κ2) is 3.67. The third-order valence-corrected chi connectivity index (χ3v) is 2.10. The summed E-state index contributed by atoms with van der Waals surface area (Å²) in [7, 11) is 0. The van der Waals surface area contributed by atoms with E-state index < -0.39 is 21.2 Å². The highest BCUT2D eigenvalue weighted by molar-refractivity contribution is 5.80. The van der Waals surface area contributed by atoms with Gasteiger partial charge >= 0.3 is 11.3 Å². The quantitative estimate of drug-likeness (QED) is 0.444. The van der Waals surface area contributed by atoms with Crippen LogP contribution in [0.1, 0.15) is 0 Å². The Hall–Kier alpha value is -2.77. The second-order valence-corrected chi connectivity index (χ2v) is 3.16. The molecular formula is C9H4N2O6. The molecule has 1 aromatic carbocycles. The van der Waals surface area contributed by atoms with Gasteiger partial charge in [0, 0.05) is 23.6 Å². The van der Waals surface area contributed by atoms with Crippen molar-refractivity contribution >= 4 is 22.3 Å². The molecule has 0 aliphatic carbocycles. The van der Waals surface area contributed by atoms with Crippen molar-refractivity contribution in [3.63, 3.8) is 0 Å². The Morgan fingerprint density at radius 1 is 1.06 bits per heavy atom. The van der Waals surface area contributed by atoms with Gasteiger partial charge in [-0.3, -0.25) is 20.2 Å². The van der Waals surface area contributed by atoms with Crippen LogP contribution in [0, 0.1) is 20.2 Å². The van der Waals surface area contributed by atoms with E-state index in [0.29, 0.717) is 0 Å². The van der Waals surface area contributed by atoms with Gasteiger partial charge in [0.05, 0.1) is 9.85 Å². The zero-order valence-electron chi connectivity index (χ0n) is 8.15. The molecule has 0 N–H and O–H groups in total. The van der Waals surface area contributed by atoms with Crippen LogP contribution in [-0.2, 0) is 0 Å². The predicted octanol–water partition coefficient (Wildman–Crippen LogP) is 1.61. The van der Waals surface area contributed by atoms with Gasteiger partial charge in [-0.2, -0.15) is 0 Å². The van der Waals surface area contributed by atoms with Gasteiger partial charge in [0.25, 0.3) is 5.69 Å². The number of benzene rings is 1. The summed E-state index contributed by atoms with van der Waals surface area (Å²) in [6.45, 7) is 0. The van der Waals surface area contributed by atoms with Gasteiger partial charge in [0.15, 0.2) is 0 Å². The lowest BCUT2D eigenvalue weighted by molar-refractivity contribution is -0.387. The molecule has 2 rings (SSSR count). The first-order chi connectivity index (χ1) is 7.99. The molecule has 0 unspecified atom stereocenters. The molecule has 1 aromatic heterocycles. The molecule has 17 heavy (non-hydrogen) atoms. The molecule has 0 aliphatic heterocycles. The first-order valence-electron chi connectivity index (χ1n) is 4.36. The van der Waals surface area contributed by atoms with Crippen LogP contribution in [0.3, 0.4) is 0 Å². The number of hydrogen-bond donors (Lipinski definition) is 0. The standard InChI is InChI=1S/C9H4N2O6/c12-9-7(11(15)16)4-5-3-6(10(13)14)1-2-8(5)17-9/h1-4H. The van der Waals surface area contributed by atoms with E-state index in [1.165, 1.54) is 6.07 Å². The van der Waals surface area contributed by atoms with Crippen LogP contribution in [0.25, 0.3) is 11.0 Å². The number of fused-ring (bicyclic) bond motifs is 1. The Kier molecular flexibility index (Phi) is 2.32. The van der Waals surface area contributed by atoms with Crippen molar-refractivity contribution in [1.82, 2.24) is 0 Å². The Morgan fingerprint density at radius 3 is 2.35 bits per heavy atom. The van der Waals surface area contributed by atoms with E-state index in [1.807, 2.05) is 0 Å². The van der Waals surface area contributed by atoms with Crippen LogP contribution in [0.15, 0.2) is 33.5 Å². The number of nitrogens with zero attached hydrogens (tertiary/aromatic N) is 2. The zero-order chi connectivity index (χ0) is 12.6. The van der Waals surface area contributed by atoms with Crippen molar-refractivity contribution in [2.45, 2.75) is 0 Å². The van der Waals surface area contributed by atoms with E-state index in [-0.39, 0.29) is 16.7 Å². The molecule has 86 valence electrons. The van der Waals surface area contributed by atoms with Gasteiger partial charge in [0.1, 0.15) is 5.58 Å². The van der Waals surface area contributed by atoms with Crippen molar-refractivity contribution in [2.75, 3.05) is 0 Å². The maximum atomic E-state index is 11.2. The first kappa shape index (κ1) is 10.7. The molecule has 1 heterocycles. The van der Waals surface area contributed by atoms with Crippen LogP contribution in [0.5, 0.6) is 0 Å². The maximum Gasteiger partial charge on any atom is 0.415 e. The van der Waals surface area contributed by atoms with Gasteiger partial charge in [0.2, 0.25) is 0 Å². The molecule has 0 fully saturated rings. The lowest BCUT2D eigenvalue weighted by Crippen LogP contribution is -2.06. The molecule has 8 nitrogen and oxygen atoms in total. The van der Waals surface area contributed by atoms with E-state index in [4.69, 9.17) is 0 Å². The third kappa shape index (κ3) is 1.83. The monoisotopic (exact) mass is 236 g/mol. The zero-order valence-corrected chi connectivity index (χ0v) is 8.15. The Morgan fingerprint density at radius 2 is 1.76 bits per heavy atom. The van der Waals surface area contributed by atoms with E-state index in [2.05, 4.69) is 4.42 Å². The summed E-state index contributed by atoms with van der Waals surface area (Å²) in [5.41, 5.74) is -2.01. The summed E-state index contributed by atoms with van der Waals surface area (Å²) in [5, 5.41) is 21.1.